The van der Waals surface area contributed by atoms with Crippen LogP contribution in [0.4, 0.5) is 0 Å². The number of hydrogen-bond acceptors (Lipinski definition) is 4. The fraction of sp³-hybridized carbons (Fsp3) is 0.435. The first-order valence-electron chi connectivity index (χ1n) is 9.55. The molecule has 1 unspecified atom stereocenters. The second-order valence-electron chi connectivity index (χ2n) is 7.49. The van der Waals surface area contributed by atoms with Gasteiger partial charge in [0, 0.05) is 12.0 Å². The van der Waals surface area contributed by atoms with Crippen molar-refractivity contribution in [1.82, 2.24) is 0 Å². The van der Waals surface area contributed by atoms with Crippen molar-refractivity contribution in [2.24, 2.45) is 0 Å². The molecule has 27 heavy (non-hydrogen) atoms. The van der Waals surface area contributed by atoms with E-state index in [9.17, 15) is 4.79 Å². The Kier molecular flexibility index (Phi) is 5.45. The highest BCUT2D eigenvalue weighted by Crippen LogP contribution is 2.44. The van der Waals surface area contributed by atoms with E-state index in [1.807, 2.05) is 51.1 Å². The lowest BCUT2D eigenvalue weighted by atomic mass is 9.87. The molecule has 4 heteroatoms. The van der Waals surface area contributed by atoms with Gasteiger partial charge in [0.1, 0.15) is 29.5 Å². The number of esters is 1. The highest BCUT2D eigenvalue weighted by molar-refractivity contribution is 5.74. The van der Waals surface area contributed by atoms with Gasteiger partial charge in [0.05, 0.1) is 0 Å². The fourth-order valence-corrected chi connectivity index (χ4v) is 3.47. The quantitative estimate of drug-likeness (QED) is 0.545. The number of rotatable bonds is 5. The molecule has 0 fully saturated rings. The molecule has 1 aliphatic rings. The Hall–Kier alpha value is -2.49. The molecule has 0 radical (unpaired) electrons. The molecule has 1 atom stereocenters. The number of fused-ring (bicyclic) bond motifs is 1. The Morgan fingerprint density at radius 2 is 1.81 bits per heavy atom. The lowest BCUT2D eigenvalue weighted by Crippen LogP contribution is -2.42. The monoisotopic (exact) mass is 368 g/mol. The minimum absolute atomic E-state index is 0.210. The summed E-state index contributed by atoms with van der Waals surface area (Å²) in [5.74, 6) is 2.23. The zero-order valence-corrected chi connectivity index (χ0v) is 16.8. The van der Waals surface area contributed by atoms with Gasteiger partial charge >= 0.3 is 5.97 Å². The number of benzene rings is 2. The summed E-state index contributed by atoms with van der Waals surface area (Å²) in [7, 11) is 0. The van der Waals surface area contributed by atoms with E-state index in [0.717, 1.165) is 46.6 Å². The third-order valence-electron chi connectivity index (χ3n) is 5.36. The second-order valence-corrected chi connectivity index (χ2v) is 7.49. The van der Waals surface area contributed by atoms with Crippen molar-refractivity contribution in [2.45, 2.75) is 59.5 Å². The van der Waals surface area contributed by atoms with Crippen molar-refractivity contribution in [3.05, 3.63) is 52.6 Å². The van der Waals surface area contributed by atoms with Crippen molar-refractivity contribution < 1.29 is 19.0 Å². The Morgan fingerprint density at radius 3 is 2.48 bits per heavy atom. The molecule has 1 aliphatic heterocycles. The Labute approximate surface area is 161 Å². The average molecular weight is 368 g/mol. The van der Waals surface area contributed by atoms with Gasteiger partial charge in [-0.15, -0.1) is 0 Å². The van der Waals surface area contributed by atoms with Crippen LogP contribution in [0.1, 0.15) is 48.9 Å². The van der Waals surface area contributed by atoms with Crippen LogP contribution in [-0.2, 0) is 11.2 Å². The van der Waals surface area contributed by atoms with Crippen molar-refractivity contribution in [1.29, 1.82) is 0 Å². The number of para-hydroxylation sites is 1. The van der Waals surface area contributed by atoms with Crippen LogP contribution in [0.2, 0.25) is 0 Å². The molecule has 0 saturated carbocycles. The zero-order chi connectivity index (χ0) is 19.6. The van der Waals surface area contributed by atoms with Crippen LogP contribution in [0, 0.1) is 20.8 Å². The smallest absolute Gasteiger partial charge is 0.310 e. The SMILES string of the molecule is CCC(=O)Oc1c(C)c(C)c2c(c1C)CCC(C)(COc1ccccc1)O2. The van der Waals surface area contributed by atoms with E-state index in [-0.39, 0.29) is 5.97 Å². The molecule has 0 saturated heterocycles. The van der Waals surface area contributed by atoms with E-state index in [0.29, 0.717) is 18.8 Å². The highest BCUT2D eigenvalue weighted by atomic mass is 16.5. The molecule has 3 rings (SSSR count). The van der Waals surface area contributed by atoms with Gasteiger partial charge in [-0.05, 0) is 69.4 Å². The topological polar surface area (TPSA) is 44.8 Å². The molecule has 4 nitrogen and oxygen atoms in total. The molecule has 144 valence electrons. The summed E-state index contributed by atoms with van der Waals surface area (Å²) in [6, 6.07) is 9.80. The van der Waals surface area contributed by atoms with Gasteiger partial charge in [0.2, 0.25) is 0 Å². The maximum Gasteiger partial charge on any atom is 0.310 e. The maximum absolute atomic E-state index is 11.8. The average Bonchev–Trinajstić information content (AvgIpc) is 2.68. The number of hydrogen-bond donors (Lipinski definition) is 0. The first-order valence-corrected chi connectivity index (χ1v) is 9.55. The Bertz CT molecular complexity index is 841. The van der Waals surface area contributed by atoms with E-state index >= 15 is 0 Å². The summed E-state index contributed by atoms with van der Waals surface area (Å²) in [4.78, 5) is 11.8. The lowest BCUT2D eigenvalue weighted by molar-refractivity contribution is -0.134. The third-order valence-corrected chi connectivity index (χ3v) is 5.36. The van der Waals surface area contributed by atoms with E-state index in [1.54, 1.807) is 6.92 Å². The van der Waals surface area contributed by atoms with Crippen LogP contribution in [0.3, 0.4) is 0 Å². The van der Waals surface area contributed by atoms with Gasteiger partial charge in [-0.25, -0.2) is 0 Å². The van der Waals surface area contributed by atoms with Crippen molar-refractivity contribution in [2.75, 3.05) is 6.61 Å². The predicted molar refractivity (Wildman–Crippen MR) is 106 cm³/mol. The molecule has 2 aromatic rings. The van der Waals surface area contributed by atoms with Crippen molar-refractivity contribution >= 4 is 5.97 Å². The van der Waals surface area contributed by atoms with Crippen LogP contribution in [0.25, 0.3) is 0 Å². The van der Waals surface area contributed by atoms with Crippen LogP contribution in [-0.4, -0.2) is 18.2 Å². The largest absolute Gasteiger partial charge is 0.489 e. The summed E-state index contributed by atoms with van der Waals surface area (Å²) in [5, 5.41) is 0. The number of carbonyl (C=O) groups is 1. The van der Waals surface area contributed by atoms with Crippen molar-refractivity contribution in [3.63, 3.8) is 0 Å². The van der Waals surface area contributed by atoms with E-state index < -0.39 is 5.60 Å². The van der Waals surface area contributed by atoms with Crippen LogP contribution >= 0.6 is 0 Å². The van der Waals surface area contributed by atoms with Crippen LogP contribution < -0.4 is 14.2 Å². The van der Waals surface area contributed by atoms with Gasteiger partial charge in [-0.2, -0.15) is 0 Å². The predicted octanol–water partition coefficient (Wildman–Crippen LogP) is 5.09. The lowest BCUT2D eigenvalue weighted by Gasteiger charge is -2.37. The van der Waals surface area contributed by atoms with E-state index in [2.05, 4.69) is 6.92 Å². The molecule has 0 amide bonds. The van der Waals surface area contributed by atoms with Crippen molar-refractivity contribution in [3.8, 4) is 17.2 Å². The Balaban J connectivity index is 1.86. The fourth-order valence-electron chi connectivity index (χ4n) is 3.47. The van der Waals surface area contributed by atoms with Gasteiger partial charge < -0.3 is 14.2 Å². The molecule has 2 aromatic carbocycles. The number of carbonyl (C=O) groups excluding carboxylic acids is 1. The summed E-state index contributed by atoms with van der Waals surface area (Å²) in [5.41, 5.74) is 3.73. The summed E-state index contributed by atoms with van der Waals surface area (Å²) in [6.45, 7) is 10.4. The van der Waals surface area contributed by atoms with E-state index in [1.165, 1.54) is 0 Å². The minimum atomic E-state index is -0.395. The Morgan fingerprint density at radius 1 is 1.11 bits per heavy atom. The highest BCUT2D eigenvalue weighted by Gasteiger charge is 2.35. The molecule has 0 aromatic heterocycles. The first kappa shape index (κ1) is 19.3. The molecule has 1 heterocycles. The van der Waals surface area contributed by atoms with Gasteiger partial charge in [-0.1, -0.05) is 25.1 Å². The summed E-state index contributed by atoms with van der Waals surface area (Å²) < 4.78 is 18.0. The molecular formula is C23H28O4. The van der Waals surface area contributed by atoms with Gasteiger partial charge in [0.15, 0.2) is 0 Å². The normalized spacial score (nSPS) is 18.4. The minimum Gasteiger partial charge on any atom is -0.489 e. The summed E-state index contributed by atoms with van der Waals surface area (Å²) in [6.07, 6.45) is 2.07. The zero-order valence-electron chi connectivity index (χ0n) is 16.8. The molecule has 0 N–H and O–H groups in total. The standard InChI is InChI=1S/C23H28O4/c1-6-20(24)26-21-15(2)16(3)22-19(17(21)4)12-13-23(5,27-22)14-25-18-10-8-7-9-11-18/h7-11H,6,12-14H2,1-5H3. The molecule has 0 bridgehead atoms. The van der Waals surface area contributed by atoms with Gasteiger partial charge in [-0.3, -0.25) is 4.79 Å². The first-order chi connectivity index (χ1) is 12.8. The summed E-state index contributed by atoms with van der Waals surface area (Å²) >= 11 is 0. The molecular weight excluding hydrogens is 340 g/mol. The van der Waals surface area contributed by atoms with E-state index in [4.69, 9.17) is 14.2 Å². The van der Waals surface area contributed by atoms with Crippen LogP contribution in [0.5, 0.6) is 17.2 Å². The second kappa shape index (κ2) is 7.63. The van der Waals surface area contributed by atoms with Gasteiger partial charge in [0.25, 0.3) is 0 Å². The number of ether oxygens (including phenoxy) is 3. The molecule has 0 spiro atoms. The third kappa shape index (κ3) is 3.95. The van der Waals surface area contributed by atoms with Crippen LogP contribution in [0.15, 0.2) is 30.3 Å². The molecule has 0 aliphatic carbocycles. The maximum atomic E-state index is 11.8.